The lowest BCUT2D eigenvalue weighted by Crippen LogP contribution is -2.42. The summed E-state index contributed by atoms with van der Waals surface area (Å²) in [6.07, 6.45) is 8.96. The number of hydrogen-bond donors (Lipinski definition) is 1. The van der Waals surface area contributed by atoms with E-state index in [1.54, 1.807) is 73.0 Å². The molecule has 0 saturated heterocycles. The Balaban J connectivity index is 2.23. The van der Waals surface area contributed by atoms with Crippen molar-refractivity contribution in [2.75, 3.05) is 7.11 Å². The van der Waals surface area contributed by atoms with Gasteiger partial charge in [0.15, 0.2) is 11.6 Å². The Labute approximate surface area is 187 Å². The van der Waals surface area contributed by atoms with Gasteiger partial charge in [-0.3, -0.25) is 9.59 Å². The minimum Gasteiger partial charge on any atom is -0.506 e. The molecular formula is C27H26O5. The Kier molecular flexibility index (Phi) is 7.11. The highest BCUT2D eigenvalue weighted by atomic mass is 16.5. The minimum atomic E-state index is -1.23. The molecule has 1 atom stereocenters. The average molecular weight is 431 g/mol. The van der Waals surface area contributed by atoms with E-state index in [1.807, 2.05) is 0 Å². The molecule has 164 valence electrons. The lowest BCUT2D eigenvalue weighted by molar-refractivity contribution is -0.128. The van der Waals surface area contributed by atoms with Crippen molar-refractivity contribution in [3.05, 3.63) is 108 Å². The summed E-state index contributed by atoms with van der Waals surface area (Å²) in [5.41, 5.74) is -0.791. The van der Waals surface area contributed by atoms with Crippen molar-refractivity contribution in [2.24, 2.45) is 5.41 Å². The van der Waals surface area contributed by atoms with Crippen molar-refractivity contribution in [3.63, 3.8) is 0 Å². The molecule has 2 aromatic rings. The molecule has 1 unspecified atom stereocenters. The molecule has 0 amide bonds. The van der Waals surface area contributed by atoms with E-state index in [-0.39, 0.29) is 36.4 Å². The normalized spacial score (nSPS) is 20.5. The molecular weight excluding hydrogens is 404 g/mol. The van der Waals surface area contributed by atoms with E-state index in [9.17, 15) is 14.7 Å². The summed E-state index contributed by atoms with van der Waals surface area (Å²) in [7, 11) is 1.44. The van der Waals surface area contributed by atoms with E-state index in [0.717, 1.165) is 0 Å². The van der Waals surface area contributed by atoms with Crippen LogP contribution in [0.25, 0.3) is 11.8 Å². The first-order valence-corrected chi connectivity index (χ1v) is 10.3. The molecule has 0 saturated carbocycles. The number of methoxy groups -OCH3 is 1. The van der Waals surface area contributed by atoms with Crippen molar-refractivity contribution in [1.82, 2.24) is 0 Å². The van der Waals surface area contributed by atoms with Gasteiger partial charge in [0.1, 0.15) is 22.9 Å². The second-order valence-electron chi connectivity index (χ2n) is 7.45. The maximum Gasteiger partial charge on any atom is 0.200 e. The summed E-state index contributed by atoms with van der Waals surface area (Å²) >= 11 is 0. The van der Waals surface area contributed by atoms with Crippen LogP contribution in [0.2, 0.25) is 0 Å². The number of hydrogen-bond acceptors (Lipinski definition) is 5. The second kappa shape index (κ2) is 9.96. The van der Waals surface area contributed by atoms with Gasteiger partial charge in [-0.2, -0.15) is 0 Å². The van der Waals surface area contributed by atoms with Crippen LogP contribution in [0, 0.1) is 5.41 Å². The number of carbonyl (C=O) groups is 2. The predicted molar refractivity (Wildman–Crippen MR) is 124 cm³/mol. The first-order valence-electron chi connectivity index (χ1n) is 10.3. The van der Waals surface area contributed by atoms with E-state index in [4.69, 9.17) is 9.15 Å². The zero-order valence-corrected chi connectivity index (χ0v) is 18.0. The highest BCUT2D eigenvalue weighted by Crippen LogP contribution is 2.47. The van der Waals surface area contributed by atoms with Crippen LogP contribution in [0.15, 0.2) is 101 Å². The molecule has 1 N–H and O–H groups in total. The lowest BCUT2D eigenvalue weighted by Gasteiger charge is -2.37. The largest absolute Gasteiger partial charge is 0.506 e. The standard InChI is InChI=1S/C27H26O5/c1-4-11-21-24(29)22(23(28)19-12-7-6-8-13-19)25(30)27(16-5-2,26(21)31-3)17-9-14-20-15-10-18-32-20/h4-10,12-15,18,28H,1-2,11,16-17H2,3H3/b14-9+,23-22-. The summed E-state index contributed by atoms with van der Waals surface area (Å²) in [5, 5.41) is 11.0. The van der Waals surface area contributed by atoms with Crippen LogP contribution >= 0.6 is 0 Å². The van der Waals surface area contributed by atoms with Crippen molar-refractivity contribution in [3.8, 4) is 0 Å². The summed E-state index contributed by atoms with van der Waals surface area (Å²) < 4.78 is 11.0. The highest BCUT2D eigenvalue weighted by molar-refractivity contribution is 6.34. The van der Waals surface area contributed by atoms with Crippen LogP contribution in [0.1, 0.15) is 30.6 Å². The number of allylic oxidation sites excluding steroid dienone is 6. The Morgan fingerprint density at radius 1 is 1.09 bits per heavy atom. The van der Waals surface area contributed by atoms with Gasteiger partial charge in [0.05, 0.1) is 18.8 Å². The van der Waals surface area contributed by atoms with E-state index < -0.39 is 17.0 Å². The molecule has 0 aliphatic heterocycles. The molecule has 0 radical (unpaired) electrons. The van der Waals surface area contributed by atoms with Gasteiger partial charge in [0.2, 0.25) is 0 Å². The van der Waals surface area contributed by atoms with Crippen molar-refractivity contribution in [2.45, 2.75) is 19.3 Å². The molecule has 1 aromatic heterocycles. The molecule has 5 nitrogen and oxygen atoms in total. The first kappa shape index (κ1) is 22.8. The number of ether oxygens (including phenoxy) is 1. The summed E-state index contributed by atoms with van der Waals surface area (Å²) in [4.78, 5) is 27.3. The SMILES string of the molecule is C=CCC1=C(OC)C(CC=C)(C/C=C/c2ccco2)C(=O)/C(=C(\O)c2ccccc2)C1=O. The molecule has 1 aromatic carbocycles. The molecule has 32 heavy (non-hydrogen) atoms. The van der Waals surface area contributed by atoms with Crippen molar-refractivity contribution < 1.29 is 23.8 Å². The molecule has 5 heteroatoms. The van der Waals surface area contributed by atoms with E-state index >= 15 is 0 Å². The Bertz CT molecular complexity index is 1100. The molecule has 0 bridgehead atoms. The van der Waals surface area contributed by atoms with Crippen LogP contribution in [0.5, 0.6) is 0 Å². The average Bonchev–Trinajstić information content (AvgIpc) is 3.32. The number of ketones is 2. The number of aliphatic hydroxyl groups is 1. The zero-order chi connectivity index (χ0) is 23.1. The molecule has 0 fully saturated rings. The maximum absolute atomic E-state index is 13.9. The van der Waals surface area contributed by atoms with Crippen LogP contribution in [-0.2, 0) is 14.3 Å². The van der Waals surface area contributed by atoms with E-state index in [2.05, 4.69) is 13.2 Å². The number of Topliss-reactive ketones (excluding diaryl/α,β-unsaturated/α-hetero) is 2. The van der Waals surface area contributed by atoms with Gasteiger partial charge < -0.3 is 14.3 Å². The molecule has 1 heterocycles. The third kappa shape index (κ3) is 4.14. The third-order valence-corrected chi connectivity index (χ3v) is 5.49. The number of aliphatic hydroxyl groups excluding tert-OH is 1. The molecule has 0 spiro atoms. The van der Waals surface area contributed by atoms with Crippen LogP contribution in [0.3, 0.4) is 0 Å². The maximum atomic E-state index is 13.9. The smallest absolute Gasteiger partial charge is 0.200 e. The first-order chi connectivity index (χ1) is 15.5. The fraction of sp³-hybridized carbons (Fsp3) is 0.185. The van der Waals surface area contributed by atoms with Gasteiger partial charge in [0.25, 0.3) is 0 Å². The van der Waals surface area contributed by atoms with Gasteiger partial charge in [-0.05, 0) is 37.5 Å². The van der Waals surface area contributed by atoms with Crippen LogP contribution < -0.4 is 0 Å². The monoisotopic (exact) mass is 430 g/mol. The fourth-order valence-electron chi connectivity index (χ4n) is 4.05. The lowest BCUT2D eigenvalue weighted by atomic mass is 9.65. The highest BCUT2D eigenvalue weighted by Gasteiger charge is 2.51. The second-order valence-corrected chi connectivity index (χ2v) is 7.45. The Morgan fingerprint density at radius 3 is 2.44 bits per heavy atom. The van der Waals surface area contributed by atoms with Crippen LogP contribution in [0.4, 0.5) is 0 Å². The van der Waals surface area contributed by atoms with Crippen LogP contribution in [-0.4, -0.2) is 23.8 Å². The number of furan rings is 1. The Hall–Kier alpha value is -3.86. The number of carbonyl (C=O) groups excluding carboxylic acids is 2. The third-order valence-electron chi connectivity index (χ3n) is 5.49. The number of benzene rings is 1. The summed E-state index contributed by atoms with van der Waals surface area (Å²) in [6, 6.07) is 12.1. The van der Waals surface area contributed by atoms with E-state index in [0.29, 0.717) is 16.9 Å². The topological polar surface area (TPSA) is 76.7 Å². The predicted octanol–water partition coefficient (Wildman–Crippen LogP) is 5.84. The van der Waals surface area contributed by atoms with Gasteiger partial charge in [-0.25, -0.2) is 0 Å². The van der Waals surface area contributed by atoms with Crippen molar-refractivity contribution >= 4 is 23.4 Å². The van der Waals surface area contributed by atoms with Gasteiger partial charge in [-0.15, -0.1) is 13.2 Å². The number of rotatable bonds is 9. The van der Waals surface area contributed by atoms with Crippen molar-refractivity contribution in [1.29, 1.82) is 0 Å². The summed E-state index contributed by atoms with van der Waals surface area (Å²) in [6.45, 7) is 7.57. The van der Waals surface area contributed by atoms with Gasteiger partial charge in [0, 0.05) is 11.1 Å². The molecule has 1 aliphatic carbocycles. The Morgan fingerprint density at radius 2 is 1.84 bits per heavy atom. The quantitative estimate of drug-likeness (QED) is 0.234. The summed E-state index contributed by atoms with van der Waals surface area (Å²) in [5.74, 6) is -0.489. The van der Waals surface area contributed by atoms with Gasteiger partial charge >= 0.3 is 0 Å². The molecule has 1 aliphatic rings. The van der Waals surface area contributed by atoms with E-state index in [1.165, 1.54) is 7.11 Å². The zero-order valence-electron chi connectivity index (χ0n) is 18.0. The fourth-order valence-corrected chi connectivity index (χ4v) is 4.05. The van der Waals surface area contributed by atoms with Gasteiger partial charge in [-0.1, -0.05) is 48.6 Å². The molecule has 3 rings (SSSR count). The minimum absolute atomic E-state index is 0.196.